The Hall–Kier alpha value is -1.46. The molecule has 0 bridgehead atoms. The third-order valence-corrected chi connectivity index (χ3v) is 3.78. The van der Waals surface area contributed by atoms with Crippen molar-refractivity contribution < 1.29 is 14.3 Å². The summed E-state index contributed by atoms with van der Waals surface area (Å²) < 4.78 is 11.0. The second-order valence-corrected chi connectivity index (χ2v) is 5.38. The summed E-state index contributed by atoms with van der Waals surface area (Å²) in [6, 6.07) is 3.63. The van der Waals surface area contributed by atoms with Crippen LogP contribution in [-0.2, 0) is 11.3 Å². The van der Waals surface area contributed by atoms with Gasteiger partial charge in [-0.05, 0) is 30.5 Å². The minimum absolute atomic E-state index is 0.0693. The van der Waals surface area contributed by atoms with Crippen molar-refractivity contribution >= 4 is 17.5 Å². The minimum Gasteiger partial charge on any atom is -0.486 e. The van der Waals surface area contributed by atoms with E-state index in [0.717, 1.165) is 24.9 Å². The lowest BCUT2D eigenvalue weighted by Gasteiger charge is -2.24. The smallest absolute Gasteiger partial charge is 0.237 e. The van der Waals surface area contributed by atoms with E-state index in [1.807, 2.05) is 12.1 Å². The van der Waals surface area contributed by atoms with Crippen LogP contribution in [0.3, 0.4) is 0 Å². The summed E-state index contributed by atoms with van der Waals surface area (Å²) in [5, 5.41) is 6.66. The molecule has 0 aromatic heterocycles. The van der Waals surface area contributed by atoms with Gasteiger partial charge in [0.1, 0.15) is 13.2 Å². The number of rotatable bonds is 3. The number of halogens is 1. The number of fused-ring (bicyclic) bond motifs is 1. The number of ether oxygens (including phenoxy) is 2. The van der Waals surface area contributed by atoms with Crippen molar-refractivity contribution in [2.45, 2.75) is 25.4 Å². The van der Waals surface area contributed by atoms with Crippen molar-refractivity contribution in [3.8, 4) is 11.5 Å². The van der Waals surface area contributed by atoms with Crippen LogP contribution in [0.2, 0.25) is 5.02 Å². The maximum Gasteiger partial charge on any atom is 0.237 e. The molecule has 3 rings (SSSR count). The molecule has 2 aliphatic heterocycles. The Bertz CT molecular complexity index is 521. The van der Waals surface area contributed by atoms with Gasteiger partial charge in [-0.2, -0.15) is 0 Å². The average molecular weight is 297 g/mol. The summed E-state index contributed by atoms with van der Waals surface area (Å²) in [5.41, 5.74) is 0.984. The van der Waals surface area contributed by atoms with Crippen LogP contribution in [0.5, 0.6) is 11.5 Å². The Morgan fingerprint density at radius 2 is 2.20 bits per heavy atom. The molecule has 2 aliphatic rings. The number of piperidine rings is 1. The maximum absolute atomic E-state index is 11.7. The van der Waals surface area contributed by atoms with Gasteiger partial charge < -0.3 is 20.1 Å². The second kappa shape index (κ2) is 5.89. The largest absolute Gasteiger partial charge is 0.486 e. The number of benzene rings is 1. The zero-order valence-electron chi connectivity index (χ0n) is 11.1. The highest BCUT2D eigenvalue weighted by atomic mass is 35.5. The Balaban J connectivity index is 1.68. The summed E-state index contributed by atoms with van der Waals surface area (Å²) >= 11 is 6.19. The maximum atomic E-state index is 11.7. The van der Waals surface area contributed by atoms with E-state index < -0.39 is 0 Å². The fraction of sp³-hybridized carbons (Fsp3) is 0.500. The van der Waals surface area contributed by atoms with E-state index in [1.165, 1.54) is 0 Å². The molecule has 1 amide bonds. The van der Waals surface area contributed by atoms with E-state index in [1.54, 1.807) is 0 Å². The van der Waals surface area contributed by atoms with Gasteiger partial charge in [0.15, 0.2) is 11.5 Å². The molecule has 0 spiro atoms. The van der Waals surface area contributed by atoms with Crippen molar-refractivity contribution in [3.63, 3.8) is 0 Å². The summed E-state index contributed by atoms with van der Waals surface area (Å²) in [5.74, 6) is 1.35. The fourth-order valence-electron chi connectivity index (χ4n) is 2.47. The molecule has 5 nitrogen and oxygen atoms in total. The van der Waals surface area contributed by atoms with Gasteiger partial charge in [-0.15, -0.1) is 0 Å². The molecular weight excluding hydrogens is 280 g/mol. The molecule has 2 N–H and O–H groups in total. The summed E-state index contributed by atoms with van der Waals surface area (Å²) in [6.07, 6.45) is 1.87. The normalized spacial score (nSPS) is 21.4. The van der Waals surface area contributed by atoms with Crippen LogP contribution in [0.4, 0.5) is 0 Å². The Morgan fingerprint density at radius 3 is 3.05 bits per heavy atom. The van der Waals surface area contributed by atoms with Crippen LogP contribution < -0.4 is 20.1 Å². The summed E-state index contributed by atoms with van der Waals surface area (Å²) in [6.45, 7) is 2.40. The van der Waals surface area contributed by atoms with E-state index >= 15 is 0 Å². The molecule has 1 aromatic carbocycles. The predicted molar refractivity (Wildman–Crippen MR) is 75.3 cm³/mol. The van der Waals surface area contributed by atoms with Gasteiger partial charge in [-0.1, -0.05) is 11.6 Å². The van der Waals surface area contributed by atoms with E-state index in [2.05, 4.69) is 10.6 Å². The number of hydrogen-bond acceptors (Lipinski definition) is 4. The van der Waals surface area contributed by atoms with Gasteiger partial charge in [-0.25, -0.2) is 0 Å². The first-order chi connectivity index (χ1) is 9.74. The molecule has 6 heteroatoms. The monoisotopic (exact) mass is 296 g/mol. The van der Waals surface area contributed by atoms with Crippen LogP contribution in [-0.4, -0.2) is 31.7 Å². The highest BCUT2D eigenvalue weighted by molar-refractivity contribution is 6.32. The molecule has 1 aromatic rings. The number of carbonyl (C=O) groups is 1. The van der Waals surface area contributed by atoms with Crippen molar-refractivity contribution in [1.82, 2.24) is 10.6 Å². The lowest BCUT2D eigenvalue weighted by molar-refractivity contribution is -0.124. The number of hydrogen-bond donors (Lipinski definition) is 2. The van der Waals surface area contributed by atoms with Gasteiger partial charge in [0.25, 0.3) is 0 Å². The molecule has 0 radical (unpaired) electrons. The van der Waals surface area contributed by atoms with Crippen LogP contribution in [0.25, 0.3) is 0 Å². The van der Waals surface area contributed by atoms with Gasteiger partial charge >= 0.3 is 0 Å². The topological polar surface area (TPSA) is 59.6 Å². The molecule has 1 atom stereocenters. The van der Waals surface area contributed by atoms with Crippen molar-refractivity contribution in [3.05, 3.63) is 22.7 Å². The molecule has 0 saturated carbocycles. The Morgan fingerprint density at radius 1 is 1.35 bits per heavy atom. The Kier molecular flexibility index (Phi) is 3.98. The Labute approximate surface area is 122 Å². The van der Waals surface area contributed by atoms with E-state index in [-0.39, 0.29) is 11.9 Å². The number of carbonyl (C=O) groups excluding carboxylic acids is 1. The van der Waals surface area contributed by atoms with Crippen molar-refractivity contribution in [1.29, 1.82) is 0 Å². The quantitative estimate of drug-likeness (QED) is 0.887. The fourth-order valence-corrected chi connectivity index (χ4v) is 2.76. The van der Waals surface area contributed by atoms with E-state index in [9.17, 15) is 4.79 Å². The highest BCUT2D eigenvalue weighted by Gasteiger charge is 2.22. The lowest BCUT2D eigenvalue weighted by atomic mass is 10.1. The van der Waals surface area contributed by atoms with Gasteiger partial charge in [-0.3, -0.25) is 4.79 Å². The first-order valence-electron chi connectivity index (χ1n) is 6.83. The van der Waals surface area contributed by atoms with Gasteiger partial charge in [0.2, 0.25) is 5.91 Å². The molecule has 0 aliphatic carbocycles. The second-order valence-electron chi connectivity index (χ2n) is 4.97. The highest BCUT2D eigenvalue weighted by Crippen LogP contribution is 2.38. The molecule has 20 heavy (non-hydrogen) atoms. The standard InChI is InChI=1S/C14H17ClN2O3/c15-10-6-9(7-12-13(10)20-5-4-19-12)8-17-11-2-1-3-16-14(11)18/h6-7,11,17H,1-5,8H2,(H,16,18). The summed E-state index contributed by atoms with van der Waals surface area (Å²) in [4.78, 5) is 11.7. The van der Waals surface area contributed by atoms with E-state index in [0.29, 0.717) is 36.3 Å². The molecular formula is C14H17ClN2O3. The average Bonchev–Trinajstić information content (AvgIpc) is 2.46. The molecule has 1 fully saturated rings. The number of nitrogens with one attached hydrogen (secondary N) is 2. The molecule has 1 unspecified atom stereocenters. The first kappa shape index (κ1) is 13.5. The third-order valence-electron chi connectivity index (χ3n) is 3.49. The van der Waals surface area contributed by atoms with Gasteiger partial charge in [0.05, 0.1) is 11.1 Å². The lowest BCUT2D eigenvalue weighted by Crippen LogP contribution is -2.47. The van der Waals surface area contributed by atoms with Crippen molar-refractivity contribution in [2.24, 2.45) is 0 Å². The first-order valence-corrected chi connectivity index (χ1v) is 7.21. The molecule has 2 heterocycles. The van der Waals surface area contributed by atoms with E-state index in [4.69, 9.17) is 21.1 Å². The predicted octanol–water partition coefficient (Wildman–Crippen LogP) is 1.48. The SMILES string of the molecule is O=C1NCCCC1NCc1cc(Cl)c2c(c1)OCCO2. The van der Waals surface area contributed by atoms with Crippen LogP contribution in [0.1, 0.15) is 18.4 Å². The molecule has 1 saturated heterocycles. The van der Waals surface area contributed by atoms with Crippen LogP contribution >= 0.6 is 11.6 Å². The zero-order chi connectivity index (χ0) is 13.9. The summed E-state index contributed by atoms with van der Waals surface area (Å²) in [7, 11) is 0. The third kappa shape index (κ3) is 2.83. The minimum atomic E-state index is -0.129. The number of amides is 1. The molecule has 108 valence electrons. The zero-order valence-corrected chi connectivity index (χ0v) is 11.8. The van der Waals surface area contributed by atoms with Crippen LogP contribution in [0, 0.1) is 0 Å². The van der Waals surface area contributed by atoms with Gasteiger partial charge in [0, 0.05) is 13.1 Å². The van der Waals surface area contributed by atoms with Crippen LogP contribution in [0.15, 0.2) is 12.1 Å². The van der Waals surface area contributed by atoms with Crippen molar-refractivity contribution in [2.75, 3.05) is 19.8 Å².